The molecule has 2 heterocycles. The third-order valence-electron chi connectivity index (χ3n) is 5.94. The molecule has 0 fully saturated rings. The summed E-state index contributed by atoms with van der Waals surface area (Å²) >= 11 is 0. The number of ether oxygens (including phenoxy) is 1. The molecule has 1 aromatic carbocycles. The molecular formula is C26H35N3O4S. The van der Waals surface area contributed by atoms with Gasteiger partial charge >= 0.3 is 0 Å². The Balaban J connectivity index is 1.97. The van der Waals surface area contributed by atoms with Crippen molar-refractivity contribution in [3.8, 4) is 17.6 Å². The Morgan fingerprint density at radius 2 is 2.15 bits per heavy atom. The van der Waals surface area contributed by atoms with Gasteiger partial charge in [-0.05, 0) is 50.2 Å². The second kappa shape index (κ2) is 11.8. The molecule has 0 unspecified atom stereocenters. The smallest absolute Gasteiger partial charge is 0.247 e. The van der Waals surface area contributed by atoms with E-state index in [9.17, 15) is 13.5 Å². The Labute approximate surface area is 203 Å². The molecule has 1 N–H and O–H groups in total. The number of nitrogens with zero attached hydrogens (tertiary/aromatic N) is 3. The van der Waals surface area contributed by atoms with Gasteiger partial charge in [0.25, 0.3) is 0 Å². The zero-order chi connectivity index (χ0) is 24.7. The number of unbranched alkanes of at least 4 members (excludes halogenated alkanes) is 1. The predicted octanol–water partition coefficient (Wildman–Crippen LogP) is 3.13. The van der Waals surface area contributed by atoms with Crippen LogP contribution in [0.4, 0.5) is 0 Å². The number of rotatable bonds is 7. The van der Waals surface area contributed by atoms with Crippen molar-refractivity contribution in [3.63, 3.8) is 0 Å². The van der Waals surface area contributed by atoms with Crippen molar-refractivity contribution in [3.05, 3.63) is 53.9 Å². The normalized spacial score (nSPS) is 20.9. The van der Waals surface area contributed by atoms with Crippen molar-refractivity contribution >= 4 is 10.0 Å². The molecule has 184 valence electrons. The molecule has 0 bridgehead atoms. The average molecular weight is 486 g/mol. The lowest BCUT2D eigenvalue weighted by Gasteiger charge is -2.37. The summed E-state index contributed by atoms with van der Waals surface area (Å²) in [6, 6.07) is 8.41. The molecule has 1 aromatic heterocycles. The van der Waals surface area contributed by atoms with E-state index in [1.165, 1.54) is 4.31 Å². The van der Waals surface area contributed by atoms with Crippen LogP contribution in [-0.4, -0.2) is 66.6 Å². The molecular weight excluding hydrogens is 450 g/mol. The lowest BCUT2D eigenvalue weighted by Crippen LogP contribution is -2.49. The van der Waals surface area contributed by atoms with Crippen LogP contribution in [0.5, 0.6) is 5.75 Å². The summed E-state index contributed by atoms with van der Waals surface area (Å²) in [6.07, 6.45) is 5.06. The van der Waals surface area contributed by atoms with E-state index in [0.29, 0.717) is 18.8 Å². The Morgan fingerprint density at radius 3 is 2.82 bits per heavy atom. The Kier molecular flexibility index (Phi) is 9.09. The first-order valence-electron chi connectivity index (χ1n) is 11.8. The van der Waals surface area contributed by atoms with Gasteiger partial charge in [-0.15, -0.1) is 0 Å². The zero-order valence-electron chi connectivity index (χ0n) is 20.4. The van der Waals surface area contributed by atoms with Crippen LogP contribution in [0.1, 0.15) is 44.7 Å². The van der Waals surface area contributed by atoms with Gasteiger partial charge in [-0.25, -0.2) is 8.42 Å². The number of hydrogen-bond donors (Lipinski definition) is 1. The van der Waals surface area contributed by atoms with E-state index < -0.39 is 16.1 Å². The van der Waals surface area contributed by atoms with E-state index in [1.807, 2.05) is 32.3 Å². The molecule has 0 saturated carbocycles. The molecule has 1 aliphatic rings. The van der Waals surface area contributed by atoms with Crippen LogP contribution < -0.4 is 4.74 Å². The Morgan fingerprint density at radius 1 is 1.35 bits per heavy atom. The summed E-state index contributed by atoms with van der Waals surface area (Å²) in [7, 11) is -1.84. The summed E-state index contributed by atoms with van der Waals surface area (Å²) in [6.45, 7) is 7.08. The fraction of sp³-hybridized carbons (Fsp3) is 0.500. The van der Waals surface area contributed by atoms with E-state index in [1.54, 1.807) is 31.3 Å². The SMILES string of the molecule is CCCC#Cc1ccc2c(c1)O[C@@H](CN(C)Cc1cccnc1)[C@@H](C)CN([C@H](C)CO)S2(=O)=O. The molecule has 1 aliphatic heterocycles. The van der Waals surface area contributed by atoms with E-state index in [4.69, 9.17) is 4.74 Å². The van der Waals surface area contributed by atoms with Gasteiger partial charge in [0.2, 0.25) is 10.0 Å². The summed E-state index contributed by atoms with van der Waals surface area (Å²) in [5, 5.41) is 9.79. The van der Waals surface area contributed by atoms with Gasteiger partial charge in [0.15, 0.2) is 0 Å². The maximum Gasteiger partial charge on any atom is 0.247 e. The molecule has 0 spiro atoms. The molecule has 3 rings (SSSR count). The maximum absolute atomic E-state index is 13.5. The molecule has 7 nitrogen and oxygen atoms in total. The number of aromatic nitrogens is 1. The number of hydrogen-bond acceptors (Lipinski definition) is 6. The van der Waals surface area contributed by atoms with Gasteiger partial charge in [-0.1, -0.05) is 31.8 Å². The zero-order valence-corrected chi connectivity index (χ0v) is 21.3. The van der Waals surface area contributed by atoms with Crippen LogP contribution in [0.2, 0.25) is 0 Å². The third kappa shape index (κ3) is 6.36. The summed E-state index contributed by atoms with van der Waals surface area (Å²) in [5.41, 5.74) is 1.82. The quantitative estimate of drug-likeness (QED) is 0.607. The third-order valence-corrected chi connectivity index (χ3v) is 7.96. The van der Waals surface area contributed by atoms with Crippen molar-refractivity contribution < 1.29 is 18.3 Å². The van der Waals surface area contributed by atoms with E-state index in [0.717, 1.165) is 24.0 Å². The van der Waals surface area contributed by atoms with Gasteiger partial charge < -0.3 is 9.84 Å². The number of aliphatic hydroxyl groups is 1. The van der Waals surface area contributed by atoms with Crippen molar-refractivity contribution in [2.45, 2.75) is 57.2 Å². The second-order valence-electron chi connectivity index (χ2n) is 9.01. The first-order valence-corrected chi connectivity index (χ1v) is 13.2. The minimum absolute atomic E-state index is 0.108. The molecule has 34 heavy (non-hydrogen) atoms. The minimum Gasteiger partial charge on any atom is -0.487 e. The highest BCUT2D eigenvalue weighted by Gasteiger charge is 2.38. The van der Waals surface area contributed by atoms with E-state index in [-0.39, 0.29) is 30.1 Å². The fourth-order valence-electron chi connectivity index (χ4n) is 3.99. The highest BCUT2D eigenvalue weighted by molar-refractivity contribution is 7.89. The average Bonchev–Trinajstić information content (AvgIpc) is 2.81. The molecule has 8 heteroatoms. The number of pyridine rings is 1. The number of aliphatic hydroxyl groups excluding tert-OH is 1. The maximum atomic E-state index is 13.5. The van der Waals surface area contributed by atoms with Crippen LogP contribution in [0.25, 0.3) is 0 Å². The van der Waals surface area contributed by atoms with Gasteiger partial charge in [-0.3, -0.25) is 9.88 Å². The van der Waals surface area contributed by atoms with Crippen LogP contribution in [-0.2, 0) is 16.6 Å². The fourth-order valence-corrected chi connectivity index (χ4v) is 5.81. The van der Waals surface area contributed by atoms with Crippen LogP contribution in [0.15, 0.2) is 47.6 Å². The molecule has 0 aliphatic carbocycles. The monoisotopic (exact) mass is 485 g/mol. The van der Waals surface area contributed by atoms with E-state index in [2.05, 4.69) is 28.6 Å². The van der Waals surface area contributed by atoms with E-state index >= 15 is 0 Å². The second-order valence-corrected chi connectivity index (χ2v) is 10.9. The molecule has 3 atom stereocenters. The minimum atomic E-state index is -3.85. The number of sulfonamides is 1. The topological polar surface area (TPSA) is 83.0 Å². The lowest BCUT2D eigenvalue weighted by atomic mass is 10.0. The van der Waals surface area contributed by atoms with Crippen LogP contribution >= 0.6 is 0 Å². The van der Waals surface area contributed by atoms with Gasteiger partial charge in [0.05, 0.1) is 6.61 Å². The Bertz CT molecular complexity index is 1110. The Hall–Kier alpha value is -2.44. The highest BCUT2D eigenvalue weighted by Crippen LogP contribution is 2.34. The molecule has 2 aromatic rings. The number of fused-ring (bicyclic) bond motifs is 1. The predicted molar refractivity (Wildman–Crippen MR) is 133 cm³/mol. The number of likely N-dealkylation sites (N-methyl/N-ethyl adjacent to an activating group) is 1. The standard InChI is InChI=1S/C26H35N3O4S/c1-5-6-7-9-22-11-12-26-24(14-22)33-25(18-28(4)17-23-10-8-13-27-15-23)20(2)16-29(21(3)19-30)34(26,31)32/h8,10-15,20-21,25,30H,5-6,16-19H2,1-4H3/t20-,21+,25-/m0/s1. The first kappa shape index (κ1) is 26.2. The summed E-state index contributed by atoms with van der Waals surface area (Å²) in [4.78, 5) is 6.45. The van der Waals surface area contributed by atoms with Gasteiger partial charge in [-0.2, -0.15) is 4.31 Å². The molecule has 0 radical (unpaired) electrons. The van der Waals surface area contributed by atoms with Crippen molar-refractivity contribution in [1.82, 2.24) is 14.2 Å². The van der Waals surface area contributed by atoms with Crippen LogP contribution in [0.3, 0.4) is 0 Å². The van der Waals surface area contributed by atoms with Gasteiger partial charge in [0.1, 0.15) is 16.7 Å². The van der Waals surface area contributed by atoms with Crippen molar-refractivity contribution in [2.75, 3.05) is 26.7 Å². The largest absolute Gasteiger partial charge is 0.487 e. The first-order chi connectivity index (χ1) is 16.3. The molecule has 0 saturated heterocycles. The number of benzene rings is 1. The molecule has 0 amide bonds. The van der Waals surface area contributed by atoms with Crippen molar-refractivity contribution in [2.24, 2.45) is 5.92 Å². The summed E-state index contributed by atoms with van der Waals surface area (Å²) in [5.74, 6) is 6.42. The van der Waals surface area contributed by atoms with Crippen LogP contribution in [0, 0.1) is 17.8 Å². The van der Waals surface area contributed by atoms with Crippen molar-refractivity contribution in [1.29, 1.82) is 0 Å². The highest BCUT2D eigenvalue weighted by atomic mass is 32.2. The lowest BCUT2D eigenvalue weighted by molar-refractivity contribution is 0.0733. The van der Waals surface area contributed by atoms with Gasteiger partial charge in [0, 0.05) is 56.0 Å². The summed E-state index contributed by atoms with van der Waals surface area (Å²) < 4.78 is 34.9.